The zero-order valence-electron chi connectivity index (χ0n) is 12.0. The highest BCUT2D eigenvalue weighted by Crippen LogP contribution is 2.22. The average molecular weight is 288 g/mol. The first-order valence-electron chi connectivity index (χ1n) is 7.48. The van der Waals surface area contributed by atoms with Gasteiger partial charge in [-0.25, -0.2) is 4.79 Å². The van der Waals surface area contributed by atoms with Gasteiger partial charge in [0, 0.05) is 26.2 Å². The summed E-state index contributed by atoms with van der Waals surface area (Å²) in [6.45, 7) is 2.35. The van der Waals surface area contributed by atoms with Gasteiger partial charge >= 0.3 is 12.0 Å². The van der Waals surface area contributed by atoms with Crippen LogP contribution in [0.1, 0.15) is 24.0 Å². The molecule has 0 bridgehead atoms. The van der Waals surface area contributed by atoms with Gasteiger partial charge in [-0.3, -0.25) is 4.79 Å². The van der Waals surface area contributed by atoms with Crippen LogP contribution in [0.3, 0.4) is 0 Å². The lowest BCUT2D eigenvalue weighted by atomic mass is 9.98. The van der Waals surface area contributed by atoms with Crippen molar-refractivity contribution in [1.29, 1.82) is 0 Å². The molecule has 0 aliphatic carbocycles. The molecule has 5 heteroatoms. The van der Waals surface area contributed by atoms with Gasteiger partial charge in [-0.15, -0.1) is 0 Å². The fourth-order valence-corrected chi connectivity index (χ4v) is 3.21. The molecule has 2 amide bonds. The number of aliphatic carboxylic acids is 1. The Kier molecular flexibility index (Phi) is 3.82. The predicted octanol–water partition coefficient (Wildman–Crippen LogP) is 1.96. The standard InChI is InChI=1S/C16H20N2O3/c19-15(20)14-6-3-8-17(11-14)16(21)18-9-7-12-4-1-2-5-13(12)10-18/h1-2,4-5,14H,3,6-11H2,(H,19,20)/t14-/m1/s1. The highest BCUT2D eigenvalue weighted by Gasteiger charge is 2.31. The molecule has 1 N–H and O–H groups in total. The molecular formula is C16H20N2O3. The van der Waals surface area contributed by atoms with Crippen LogP contribution in [-0.2, 0) is 17.8 Å². The van der Waals surface area contributed by atoms with Crippen molar-refractivity contribution in [2.45, 2.75) is 25.8 Å². The molecule has 0 saturated carbocycles. The predicted molar refractivity (Wildman–Crippen MR) is 77.9 cm³/mol. The van der Waals surface area contributed by atoms with Gasteiger partial charge in [0.25, 0.3) is 0 Å². The molecular weight excluding hydrogens is 268 g/mol. The molecule has 2 aliphatic heterocycles. The second-order valence-corrected chi connectivity index (χ2v) is 5.85. The lowest BCUT2D eigenvalue weighted by molar-refractivity contribution is -0.143. The molecule has 2 heterocycles. The Hall–Kier alpha value is -2.04. The Morgan fingerprint density at radius 1 is 1.10 bits per heavy atom. The number of hydrogen-bond acceptors (Lipinski definition) is 2. The summed E-state index contributed by atoms with van der Waals surface area (Å²) < 4.78 is 0. The number of carbonyl (C=O) groups excluding carboxylic acids is 1. The maximum Gasteiger partial charge on any atom is 0.320 e. The minimum atomic E-state index is -0.795. The Bertz CT molecular complexity index is 558. The number of carboxylic acids is 1. The largest absolute Gasteiger partial charge is 0.481 e. The van der Waals surface area contributed by atoms with Crippen LogP contribution in [0, 0.1) is 5.92 Å². The van der Waals surface area contributed by atoms with E-state index in [4.69, 9.17) is 5.11 Å². The van der Waals surface area contributed by atoms with Crippen molar-refractivity contribution in [2.75, 3.05) is 19.6 Å². The average Bonchev–Trinajstić information content (AvgIpc) is 2.53. The third kappa shape index (κ3) is 2.86. The second-order valence-electron chi connectivity index (χ2n) is 5.85. The van der Waals surface area contributed by atoms with Crippen LogP contribution in [0.25, 0.3) is 0 Å². The van der Waals surface area contributed by atoms with Crippen molar-refractivity contribution in [3.8, 4) is 0 Å². The van der Waals surface area contributed by atoms with E-state index < -0.39 is 11.9 Å². The van der Waals surface area contributed by atoms with Gasteiger partial charge in [0.2, 0.25) is 0 Å². The summed E-state index contributed by atoms with van der Waals surface area (Å²) in [5.41, 5.74) is 2.51. The van der Waals surface area contributed by atoms with Gasteiger partial charge in [-0.2, -0.15) is 0 Å². The van der Waals surface area contributed by atoms with Gasteiger partial charge in [0.1, 0.15) is 0 Å². The zero-order valence-corrected chi connectivity index (χ0v) is 12.0. The first-order valence-corrected chi connectivity index (χ1v) is 7.48. The van der Waals surface area contributed by atoms with Crippen molar-refractivity contribution >= 4 is 12.0 Å². The van der Waals surface area contributed by atoms with Crippen molar-refractivity contribution < 1.29 is 14.7 Å². The van der Waals surface area contributed by atoms with Crippen molar-refractivity contribution in [2.24, 2.45) is 5.92 Å². The Morgan fingerprint density at radius 2 is 1.86 bits per heavy atom. The van der Waals surface area contributed by atoms with Crippen molar-refractivity contribution in [1.82, 2.24) is 9.80 Å². The van der Waals surface area contributed by atoms with E-state index in [0.717, 1.165) is 12.8 Å². The number of hydrogen-bond donors (Lipinski definition) is 1. The van der Waals surface area contributed by atoms with Gasteiger partial charge in [-0.05, 0) is 30.4 Å². The molecule has 0 aromatic heterocycles. The quantitative estimate of drug-likeness (QED) is 0.859. The molecule has 0 spiro atoms. The summed E-state index contributed by atoms with van der Waals surface area (Å²) in [6.07, 6.45) is 2.31. The number of benzene rings is 1. The SMILES string of the molecule is O=C(O)[C@@H]1CCCN(C(=O)N2CCc3ccccc3C2)C1. The van der Waals surface area contributed by atoms with Gasteiger partial charge in [-0.1, -0.05) is 24.3 Å². The van der Waals surface area contributed by atoms with E-state index in [1.54, 1.807) is 4.90 Å². The second kappa shape index (κ2) is 5.76. The molecule has 1 saturated heterocycles. The summed E-state index contributed by atoms with van der Waals surface area (Å²) in [5, 5.41) is 9.13. The molecule has 1 atom stereocenters. The van der Waals surface area contributed by atoms with E-state index in [2.05, 4.69) is 12.1 Å². The monoisotopic (exact) mass is 288 g/mol. The van der Waals surface area contributed by atoms with Gasteiger partial charge in [0.15, 0.2) is 0 Å². The van der Waals surface area contributed by atoms with Crippen LogP contribution in [0.5, 0.6) is 0 Å². The summed E-state index contributed by atoms with van der Waals surface area (Å²) >= 11 is 0. The molecule has 1 aromatic carbocycles. The number of rotatable bonds is 1. The fraction of sp³-hybridized carbons (Fsp3) is 0.500. The number of amides is 2. The summed E-state index contributed by atoms with van der Waals surface area (Å²) in [5.74, 6) is -1.21. The van der Waals surface area contributed by atoms with E-state index >= 15 is 0 Å². The number of nitrogens with zero attached hydrogens (tertiary/aromatic N) is 2. The summed E-state index contributed by atoms with van der Waals surface area (Å²) in [7, 11) is 0. The number of likely N-dealkylation sites (tertiary alicyclic amines) is 1. The molecule has 3 rings (SSSR count). The summed E-state index contributed by atoms with van der Waals surface area (Å²) in [6, 6.07) is 8.17. The van der Waals surface area contributed by atoms with Crippen LogP contribution in [-0.4, -0.2) is 46.5 Å². The van der Waals surface area contributed by atoms with Gasteiger partial charge < -0.3 is 14.9 Å². The molecule has 0 radical (unpaired) electrons. The van der Waals surface area contributed by atoms with E-state index in [9.17, 15) is 9.59 Å². The van der Waals surface area contributed by atoms with E-state index in [1.807, 2.05) is 17.0 Å². The van der Waals surface area contributed by atoms with E-state index in [1.165, 1.54) is 11.1 Å². The van der Waals surface area contributed by atoms with Crippen LogP contribution < -0.4 is 0 Å². The smallest absolute Gasteiger partial charge is 0.320 e. The molecule has 112 valence electrons. The number of carboxylic acid groups (broad SMARTS) is 1. The molecule has 1 aromatic rings. The highest BCUT2D eigenvalue weighted by molar-refractivity contribution is 5.77. The van der Waals surface area contributed by atoms with E-state index in [-0.39, 0.29) is 6.03 Å². The Morgan fingerprint density at radius 3 is 2.62 bits per heavy atom. The minimum absolute atomic E-state index is 0.0181. The molecule has 1 fully saturated rings. The van der Waals surface area contributed by atoms with Crippen LogP contribution in [0.2, 0.25) is 0 Å². The third-order valence-electron chi connectivity index (χ3n) is 4.44. The molecule has 0 unspecified atom stereocenters. The van der Waals surface area contributed by atoms with Crippen molar-refractivity contribution in [3.63, 3.8) is 0 Å². The van der Waals surface area contributed by atoms with Crippen molar-refractivity contribution in [3.05, 3.63) is 35.4 Å². The number of urea groups is 1. The molecule has 5 nitrogen and oxygen atoms in total. The maximum absolute atomic E-state index is 12.6. The Balaban J connectivity index is 1.67. The first-order chi connectivity index (χ1) is 10.1. The minimum Gasteiger partial charge on any atom is -0.481 e. The summed E-state index contributed by atoms with van der Waals surface area (Å²) in [4.78, 5) is 27.2. The molecule has 21 heavy (non-hydrogen) atoms. The Labute approximate surface area is 124 Å². The number of piperidine rings is 1. The zero-order chi connectivity index (χ0) is 14.8. The lowest BCUT2D eigenvalue weighted by Crippen LogP contribution is -2.49. The highest BCUT2D eigenvalue weighted by atomic mass is 16.4. The van der Waals surface area contributed by atoms with E-state index in [0.29, 0.717) is 32.6 Å². The maximum atomic E-state index is 12.6. The third-order valence-corrected chi connectivity index (χ3v) is 4.44. The number of carbonyl (C=O) groups is 2. The van der Waals surface area contributed by atoms with Crippen LogP contribution in [0.4, 0.5) is 4.79 Å². The molecule has 2 aliphatic rings. The topological polar surface area (TPSA) is 60.9 Å². The first kappa shape index (κ1) is 13.9. The fourth-order valence-electron chi connectivity index (χ4n) is 3.21. The van der Waals surface area contributed by atoms with Gasteiger partial charge in [0.05, 0.1) is 5.92 Å². The van der Waals surface area contributed by atoms with Crippen LogP contribution in [0.15, 0.2) is 24.3 Å². The number of fused-ring (bicyclic) bond motifs is 1. The van der Waals surface area contributed by atoms with Crippen LogP contribution >= 0.6 is 0 Å². The normalized spacial score (nSPS) is 21.8. The lowest BCUT2D eigenvalue weighted by Gasteiger charge is -2.37.